The predicted molar refractivity (Wildman–Crippen MR) is 66.1 cm³/mol. The van der Waals surface area contributed by atoms with Crippen molar-refractivity contribution in [2.24, 2.45) is 5.92 Å². The Kier molecular flexibility index (Phi) is 9.91. The van der Waals surface area contributed by atoms with Gasteiger partial charge in [-0.25, -0.2) is 0 Å². The van der Waals surface area contributed by atoms with Gasteiger partial charge in [-0.15, -0.1) is 0 Å². The maximum Gasteiger partial charge on any atom is 0.136 e. The zero-order valence-corrected chi connectivity index (χ0v) is 10.6. The van der Waals surface area contributed by atoms with E-state index >= 15 is 0 Å². The summed E-state index contributed by atoms with van der Waals surface area (Å²) in [7, 11) is 1.86. The van der Waals surface area contributed by atoms with E-state index in [1.807, 2.05) is 20.9 Å². The van der Waals surface area contributed by atoms with Crippen LogP contribution in [-0.4, -0.2) is 19.4 Å². The summed E-state index contributed by atoms with van der Waals surface area (Å²) in [5.74, 6) is 0.893. The van der Waals surface area contributed by atoms with Crippen molar-refractivity contribution in [1.82, 2.24) is 5.32 Å². The Morgan fingerprint density at radius 3 is 2.33 bits per heavy atom. The van der Waals surface area contributed by atoms with Crippen molar-refractivity contribution in [2.75, 3.05) is 7.05 Å². The van der Waals surface area contributed by atoms with Crippen LogP contribution in [0.1, 0.15) is 58.8 Å². The van der Waals surface area contributed by atoms with E-state index in [2.05, 4.69) is 5.32 Å². The van der Waals surface area contributed by atoms with Crippen LogP contribution in [0, 0.1) is 5.92 Å². The summed E-state index contributed by atoms with van der Waals surface area (Å²) >= 11 is 0. The number of hydrogen-bond acceptors (Lipinski definition) is 2. The first-order valence-electron chi connectivity index (χ1n) is 6.49. The van der Waals surface area contributed by atoms with Crippen molar-refractivity contribution in [2.45, 2.75) is 64.8 Å². The second kappa shape index (κ2) is 10.2. The molecule has 0 heterocycles. The second-order valence-corrected chi connectivity index (χ2v) is 4.11. The maximum absolute atomic E-state index is 10.5. The zero-order chi connectivity index (χ0) is 11.5. The SMILES string of the molecule is CC.CNC(C=O)CCC1CCCCC1. The first-order valence-corrected chi connectivity index (χ1v) is 6.49. The molecule has 0 radical (unpaired) electrons. The molecule has 0 aliphatic heterocycles. The minimum Gasteiger partial charge on any atom is -0.311 e. The third-order valence-electron chi connectivity index (χ3n) is 3.15. The van der Waals surface area contributed by atoms with E-state index in [4.69, 9.17) is 0 Å². The molecule has 2 nitrogen and oxygen atoms in total. The van der Waals surface area contributed by atoms with Crippen LogP contribution < -0.4 is 5.32 Å². The van der Waals surface area contributed by atoms with Gasteiger partial charge < -0.3 is 10.1 Å². The molecule has 15 heavy (non-hydrogen) atoms. The van der Waals surface area contributed by atoms with Gasteiger partial charge in [-0.05, 0) is 25.8 Å². The van der Waals surface area contributed by atoms with Crippen LogP contribution in [0.2, 0.25) is 0 Å². The van der Waals surface area contributed by atoms with Crippen LogP contribution in [0.4, 0.5) is 0 Å². The molecule has 0 saturated heterocycles. The quantitative estimate of drug-likeness (QED) is 0.711. The van der Waals surface area contributed by atoms with Gasteiger partial charge in [0, 0.05) is 0 Å². The summed E-state index contributed by atoms with van der Waals surface area (Å²) in [6, 6.07) is 0.0851. The molecular formula is C13H27NO. The van der Waals surface area contributed by atoms with Gasteiger partial charge in [0.2, 0.25) is 0 Å². The van der Waals surface area contributed by atoms with Gasteiger partial charge in [0.05, 0.1) is 6.04 Å². The van der Waals surface area contributed by atoms with Gasteiger partial charge >= 0.3 is 0 Å². The largest absolute Gasteiger partial charge is 0.311 e. The Bertz CT molecular complexity index is 141. The van der Waals surface area contributed by atoms with Crippen LogP contribution in [-0.2, 0) is 4.79 Å². The summed E-state index contributed by atoms with van der Waals surface area (Å²) in [6.45, 7) is 4.00. The minimum atomic E-state index is 0.0851. The lowest BCUT2D eigenvalue weighted by Crippen LogP contribution is -2.27. The standard InChI is InChI=1S/C11H21NO.C2H6/c1-12-11(9-13)8-7-10-5-3-2-4-6-10;1-2/h9-12H,2-8H2,1H3;1-2H3. The van der Waals surface area contributed by atoms with Crippen molar-refractivity contribution >= 4 is 6.29 Å². The van der Waals surface area contributed by atoms with Crippen molar-refractivity contribution in [3.63, 3.8) is 0 Å². The van der Waals surface area contributed by atoms with Gasteiger partial charge in [0.15, 0.2) is 0 Å². The fraction of sp³-hybridized carbons (Fsp3) is 0.923. The van der Waals surface area contributed by atoms with Gasteiger partial charge in [-0.2, -0.15) is 0 Å². The molecule has 0 aromatic rings. The van der Waals surface area contributed by atoms with Crippen molar-refractivity contribution in [3.8, 4) is 0 Å². The molecule has 1 atom stereocenters. The summed E-state index contributed by atoms with van der Waals surface area (Å²) < 4.78 is 0. The molecule has 1 aliphatic carbocycles. The van der Waals surface area contributed by atoms with Crippen LogP contribution in [0.15, 0.2) is 0 Å². The first kappa shape index (κ1) is 14.6. The lowest BCUT2D eigenvalue weighted by molar-refractivity contribution is -0.109. The van der Waals surface area contributed by atoms with E-state index in [-0.39, 0.29) is 6.04 Å². The van der Waals surface area contributed by atoms with Gasteiger partial charge in [-0.1, -0.05) is 46.0 Å². The monoisotopic (exact) mass is 213 g/mol. The number of aldehydes is 1. The second-order valence-electron chi connectivity index (χ2n) is 4.11. The topological polar surface area (TPSA) is 29.1 Å². The van der Waals surface area contributed by atoms with Crippen LogP contribution in [0.25, 0.3) is 0 Å². The molecule has 1 fully saturated rings. The molecule has 0 aromatic heterocycles. The number of carbonyl (C=O) groups excluding carboxylic acids is 1. The number of carbonyl (C=O) groups is 1. The normalized spacial score (nSPS) is 18.9. The van der Waals surface area contributed by atoms with E-state index in [9.17, 15) is 4.79 Å². The lowest BCUT2D eigenvalue weighted by Gasteiger charge is -2.22. The van der Waals surface area contributed by atoms with Crippen LogP contribution in [0.5, 0.6) is 0 Å². The zero-order valence-electron chi connectivity index (χ0n) is 10.6. The molecule has 1 rings (SSSR count). The van der Waals surface area contributed by atoms with E-state index in [1.165, 1.54) is 38.5 Å². The molecule has 0 spiro atoms. The highest BCUT2D eigenvalue weighted by molar-refractivity contribution is 5.57. The molecule has 1 saturated carbocycles. The summed E-state index contributed by atoms with van der Waals surface area (Å²) in [6.07, 6.45) is 10.3. The Morgan fingerprint density at radius 1 is 1.27 bits per heavy atom. The third-order valence-corrected chi connectivity index (χ3v) is 3.15. The van der Waals surface area contributed by atoms with Gasteiger partial charge in [0.1, 0.15) is 6.29 Å². The van der Waals surface area contributed by atoms with E-state index in [1.54, 1.807) is 0 Å². The Hall–Kier alpha value is -0.370. The maximum atomic E-state index is 10.5. The number of nitrogens with one attached hydrogen (secondary N) is 1. The Morgan fingerprint density at radius 2 is 1.87 bits per heavy atom. The first-order chi connectivity index (χ1) is 7.36. The van der Waals surface area contributed by atoms with E-state index in [0.29, 0.717) is 0 Å². The van der Waals surface area contributed by atoms with Crippen LogP contribution in [0.3, 0.4) is 0 Å². The molecular weight excluding hydrogens is 186 g/mol. The molecule has 1 N–H and O–H groups in total. The smallest absolute Gasteiger partial charge is 0.136 e. The van der Waals surface area contributed by atoms with E-state index < -0.39 is 0 Å². The minimum absolute atomic E-state index is 0.0851. The molecule has 0 bridgehead atoms. The highest BCUT2D eigenvalue weighted by Gasteiger charge is 2.14. The molecule has 1 aliphatic rings. The summed E-state index contributed by atoms with van der Waals surface area (Å²) in [4.78, 5) is 10.5. The van der Waals surface area contributed by atoms with Gasteiger partial charge in [-0.3, -0.25) is 0 Å². The molecule has 0 amide bonds. The van der Waals surface area contributed by atoms with Crippen molar-refractivity contribution in [3.05, 3.63) is 0 Å². The molecule has 2 heteroatoms. The van der Waals surface area contributed by atoms with E-state index in [0.717, 1.165) is 18.6 Å². The fourth-order valence-electron chi connectivity index (χ4n) is 2.17. The summed E-state index contributed by atoms with van der Waals surface area (Å²) in [5.41, 5.74) is 0. The van der Waals surface area contributed by atoms with Crippen LogP contribution >= 0.6 is 0 Å². The average Bonchev–Trinajstić information content (AvgIpc) is 2.34. The average molecular weight is 213 g/mol. The van der Waals surface area contributed by atoms with Gasteiger partial charge in [0.25, 0.3) is 0 Å². The highest BCUT2D eigenvalue weighted by atomic mass is 16.1. The summed E-state index contributed by atoms with van der Waals surface area (Å²) in [5, 5.41) is 3.02. The lowest BCUT2D eigenvalue weighted by atomic mass is 9.85. The Balaban J connectivity index is 0.000000921. The Labute approximate surface area is 94.8 Å². The fourth-order valence-corrected chi connectivity index (χ4v) is 2.17. The molecule has 1 unspecified atom stereocenters. The van der Waals surface area contributed by atoms with Crippen molar-refractivity contribution in [1.29, 1.82) is 0 Å². The number of hydrogen-bond donors (Lipinski definition) is 1. The number of likely N-dealkylation sites (N-methyl/N-ethyl adjacent to an activating group) is 1. The molecule has 0 aromatic carbocycles. The highest BCUT2D eigenvalue weighted by Crippen LogP contribution is 2.27. The third kappa shape index (κ3) is 6.67. The molecule has 90 valence electrons. The number of rotatable bonds is 5. The predicted octanol–water partition coefficient (Wildman–Crippen LogP) is 3.16. The van der Waals surface area contributed by atoms with Crippen molar-refractivity contribution < 1.29 is 4.79 Å².